The number of rotatable bonds is 13. The molecular formula is C37H43F6N3O7S. The third-order valence-electron chi connectivity index (χ3n) is 10.0. The van der Waals surface area contributed by atoms with Crippen LogP contribution in [0.5, 0.6) is 11.5 Å². The molecule has 0 radical (unpaired) electrons. The van der Waals surface area contributed by atoms with Crippen molar-refractivity contribution in [3.05, 3.63) is 75.7 Å². The molecule has 2 aliphatic rings. The van der Waals surface area contributed by atoms with Crippen molar-refractivity contribution in [3.8, 4) is 11.5 Å². The smallest absolute Gasteiger partial charge is 0.425 e. The highest BCUT2D eigenvalue weighted by atomic mass is 32.1. The third-order valence-corrected chi connectivity index (χ3v) is 11.0. The van der Waals surface area contributed by atoms with E-state index < -0.39 is 63.7 Å². The number of benzene rings is 1. The van der Waals surface area contributed by atoms with Gasteiger partial charge < -0.3 is 34.2 Å². The zero-order valence-corrected chi connectivity index (χ0v) is 30.6. The molecule has 0 saturated carbocycles. The molecule has 5 rings (SSSR count). The largest absolute Gasteiger partial charge is 0.493 e. The van der Waals surface area contributed by atoms with Crippen molar-refractivity contribution in [1.29, 1.82) is 0 Å². The van der Waals surface area contributed by atoms with Gasteiger partial charge in [0.1, 0.15) is 16.4 Å². The number of hydrogen-bond donors (Lipinski definition) is 2. The van der Waals surface area contributed by atoms with Gasteiger partial charge in [-0.25, -0.2) is 0 Å². The van der Waals surface area contributed by atoms with Crippen molar-refractivity contribution in [1.82, 2.24) is 14.8 Å². The Kier molecular flexibility index (Phi) is 12.9. The van der Waals surface area contributed by atoms with E-state index in [4.69, 9.17) is 14.2 Å². The number of aliphatic hydroxyl groups excluding tert-OH is 1. The average molecular weight is 788 g/mol. The molecule has 0 aliphatic carbocycles. The fourth-order valence-corrected chi connectivity index (χ4v) is 8.12. The maximum absolute atomic E-state index is 15.0. The quantitative estimate of drug-likeness (QED) is 0.108. The lowest BCUT2D eigenvalue weighted by atomic mass is 9.78. The molecule has 2 saturated heterocycles. The minimum atomic E-state index is -4.88. The van der Waals surface area contributed by atoms with E-state index >= 15 is 0 Å². The highest BCUT2D eigenvalue weighted by Crippen LogP contribution is 2.45. The monoisotopic (exact) mass is 787 g/mol. The number of carbonyl (C=O) groups excluding carboxylic acids is 2. The second-order valence-corrected chi connectivity index (χ2v) is 14.3. The van der Waals surface area contributed by atoms with Gasteiger partial charge in [0.05, 0.1) is 29.4 Å². The van der Waals surface area contributed by atoms with Gasteiger partial charge in [0.25, 0.3) is 11.8 Å². The summed E-state index contributed by atoms with van der Waals surface area (Å²) in [6, 6.07) is 7.54. The first-order chi connectivity index (χ1) is 25.6. The van der Waals surface area contributed by atoms with Gasteiger partial charge in [-0.3, -0.25) is 14.6 Å². The van der Waals surface area contributed by atoms with Crippen LogP contribution in [0.3, 0.4) is 0 Å². The number of amides is 2. The van der Waals surface area contributed by atoms with Gasteiger partial charge in [-0.15, -0.1) is 11.3 Å². The Balaban J connectivity index is 1.49. The minimum absolute atomic E-state index is 0.0121. The number of hydrogen-bond acceptors (Lipinski definition) is 9. The highest BCUT2D eigenvalue weighted by Gasteiger charge is 2.57. The van der Waals surface area contributed by atoms with Crippen LogP contribution in [0.1, 0.15) is 84.7 Å². The van der Waals surface area contributed by atoms with Crippen molar-refractivity contribution in [2.75, 3.05) is 33.4 Å². The van der Waals surface area contributed by atoms with Gasteiger partial charge in [0, 0.05) is 69.0 Å². The standard InChI is InChI=1S/C37H43F6N3O7S/c1-3-8-29-35(53-24-21-30(54-23-24)37(41,42)43,13-7-17-46(29)32(49)25-22-44-16-12-26(25)36(38,39)40)33(50)45-18-14-34(51-2,15-19-45)27-9-4-5-10-28(27)52-20-6-11-31(47)48/h4-5,9-10,12,16,21-23,29,31,47-48H,3,6-8,11,13-15,17-20H2,1-2H3. The SMILES string of the molecule is CCCC1N(C(=O)c2cnccc2C(F)(F)F)CCCC1(Oc1csc(C(F)(F)F)c1)C(=O)N1CCC(OC)(c2ccccc2OCCCC(O)O)CC1. The Morgan fingerprint density at radius 3 is 2.39 bits per heavy atom. The molecule has 0 bridgehead atoms. The van der Waals surface area contributed by atoms with Gasteiger partial charge in [0.2, 0.25) is 5.60 Å². The van der Waals surface area contributed by atoms with Crippen LogP contribution in [0, 0.1) is 0 Å². The van der Waals surface area contributed by atoms with Gasteiger partial charge in [-0.05, 0) is 44.2 Å². The molecule has 296 valence electrons. The minimum Gasteiger partial charge on any atom is -0.493 e. The number of methoxy groups -OCH3 is 1. The molecule has 2 N–H and O–H groups in total. The summed E-state index contributed by atoms with van der Waals surface area (Å²) in [6.45, 7) is 2.16. The first-order valence-corrected chi connectivity index (χ1v) is 18.5. The number of para-hydroxylation sites is 1. The lowest BCUT2D eigenvalue weighted by Crippen LogP contribution is -2.68. The van der Waals surface area contributed by atoms with Crippen LogP contribution in [0.4, 0.5) is 26.3 Å². The van der Waals surface area contributed by atoms with Gasteiger partial charge in [0.15, 0.2) is 6.29 Å². The molecule has 1 aromatic carbocycles. The number of ether oxygens (including phenoxy) is 3. The van der Waals surface area contributed by atoms with Crippen LogP contribution in [0.2, 0.25) is 0 Å². The number of nitrogens with zero attached hydrogens (tertiary/aromatic N) is 3. The maximum Gasteiger partial charge on any atom is 0.425 e. The highest BCUT2D eigenvalue weighted by molar-refractivity contribution is 7.10. The summed E-state index contributed by atoms with van der Waals surface area (Å²) in [7, 11) is 1.53. The van der Waals surface area contributed by atoms with Crippen LogP contribution >= 0.6 is 11.3 Å². The van der Waals surface area contributed by atoms with Gasteiger partial charge in [-0.2, -0.15) is 26.3 Å². The molecule has 2 atom stereocenters. The van der Waals surface area contributed by atoms with Crippen molar-refractivity contribution in [2.24, 2.45) is 0 Å². The lowest BCUT2D eigenvalue weighted by Gasteiger charge is -2.51. The number of aromatic nitrogens is 1. The number of aliphatic hydroxyl groups is 2. The fraction of sp³-hybridized carbons (Fsp3) is 0.541. The molecular weight excluding hydrogens is 744 g/mol. The Morgan fingerprint density at radius 1 is 1.04 bits per heavy atom. The van der Waals surface area contributed by atoms with E-state index in [1.54, 1.807) is 19.1 Å². The topological polar surface area (TPSA) is 122 Å². The fourth-order valence-electron chi connectivity index (χ4n) is 7.44. The molecule has 2 amide bonds. The summed E-state index contributed by atoms with van der Waals surface area (Å²) >= 11 is 0.382. The van der Waals surface area contributed by atoms with E-state index in [0.29, 0.717) is 41.6 Å². The van der Waals surface area contributed by atoms with Crippen LogP contribution in [0.25, 0.3) is 0 Å². The van der Waals surface area contributed by atoms with Crippen molar-refractivity contribution >= 4 is 23.2 Å². The van der Waals surface area contributed by atoms with E-state index in [1.165, 1.54) is 16.9 Å². The Morgan fingerprint density at radius 2 is 1.76 bits per heavy atom. The van der Waals surface area contributed by atoms with Crippen molar-refractivity contribution < 1.29 is 60.4 Å². The molecule has 2 aromatic heterocycles. The molecule has 2 fully saturated rings. The summed E-state index contributed by atoms with van der Waals surface area (Å²) in [5.74, 6) is -1.34. The van der Waals surface area contributed by atoms with E-state index in [9.17, 15) is 46.1 Å². The summed E-state index contributed by atoms with van der Waals surface area (Å²) in [4.78, 5) is 34.6. The van der Waals surface area contributed by atoms with E-state index in [-0.39, 0.29) is 70.5 Å². The average Bonchev–Trinajstić information content (AvgIpc) is 3.63. The molecule has 54 heavy (non-hydrogen) atoms. The normalized spacial score (nSPS) is 20.6. The number of halogens is 6. The summed E-state index contributed by atoms with van der Waals surface area (Å²) in [5.41, 5.74) is -4.06. The third kappa shape index (κ3) is 8.79. The van der Waals surface area contributed by atoms with Crippen molar-refractivity contribution in [3.63, 3.8) is 0 Å². The number of thiophene rings is 1. The van der Waals surface area contributed by atoms with Crippen molar-refractivity contribution in [2.45, 2.75) is 94.2 Å². The second kappa shape index (κ2) is 16.8. The Labute approximate surface area is 312 Å². The predicted molar refractivity (Wildman–Crippen MR) is 185 cm³/mol. The first-order valence-electron chi connectivity index (χ1n) is 17.7. The van der Waals surface area contributed by atoms with Gasteiger partial charge >= 0.3 is 12.4 Å². The Bertz CT molecular complexity index is 1740. The van der Waals surface area contributed by atoms with Crippen LogP contribution in [-0.4, -0.2) is 88.1 Å². The summed E-state index contributed by atoms with van der Waals surface area (Å²) in [5, 5.41) is 19.5. The summed E-state index contributed by atoms with van der Waals surface area (Å²) < 4.78 is 102. The van der Waals surface area contributed by atoms with Crippen LogP contribution < -0.4 is 9.47 Å². The molecule has 2 unspecified atom stereocenters. The molecule has 4 heterocycles. The zero-order valence-electron chi connectivity index (χ0n) is 29.8. The van der Waals surface area contributed by atoms with Crippen LogP contribution in [0.15, 0.2) is 54.2 Å². The Hall–Kier alpha value is -3.93. The maximum atomic E-state index is 15.0. The molecule has 17 heteroatoms. The van der Waals surface area contributed by atoms with Gasteiger partial charge in [-0.1, -0.05) is 31.5 Å². The molecule has 10 nitrogen and oxygen atoms in total. The number of alkyl halides is 6. The van der Waals surface area contributed by atoms with Crippen LogP contribution in [-0.2, 0) is 27.5 Å². The first kappa shape index (κ1) is 41.2. The molecule has 3 aromatic rings. The molecule has 2 aliphatic heterocycles. The number of likely N-dealkylation sites (tertiary alicyclic amines) is 2. The van der Waals surface area contributed by atoms with E-state index in [2.05, 4.69) is 4.98 Å². The van der Waals surface area contributed by atoms with E-state index in [1.807, 2.05) is 12.1 Å². The summed E-state index contributed by atoms with van der Waals surface area (Å²) in [6.07, 6.45) is -7.68. The number of pyridine rings is 1. The number of piperidine rings is 2. The second-order valence-electron chi connectivity index (χ2n) is 13.4. The predicted octanol–water partition coefficient (Wildman–Crippen LogP) is 7.04. The lowest BCUT2D eigenvalue weighted by molar-refractivity contribution is -0.164. The van der Waals surface area contributed by atoms with E-state index in [0.717, 1.165) is 23.8 Å². The number of carbonyl (C=O) groups is 2. The zero-order chi connectivity index (χ0) is 39.3. The molecule has 0 spiro atoms.